The predicted octanol–water partition coefficient (Wildman–Crippen LogP) is 5.75. The number of likely N-dealkylation sites (tertiary alicyclic amines) is 1. The van der Waals surface area contributed by atoms with Crippen molar-refractivity contribution in [1.29, 1.82) is 0 Å². The molecule has 0 aliphatic carbocycles. The summed E-state index contributed by atoms with van der Waals surface area (Å²) in [6, 6.07) is 15.6. The molecule has 1 aliphatic heterocycles. The van der Waals surface area contributed by atoms with Crippen LogP contribution in [-0.4, -0.2) is 42.5 Å². The predicted molar refractivity (Wildman–Crippen MR) is 144 cm³/mol. The van der Waals surface area contributed by atoms with Crippen molar-refractivity contribution in [3.8, 4) is 0 Å². The molecule has 1 saturated heterocycles. The van der Waals surface area contributed by atoms with Crippen molar-refractivity contribution in [3.05, 3.63) is 77.1 Å². The lowest BCUT2D eigenvalue weighted by molar-refractivity contribution is -0.134. The number of anilines is 1. The molecule has 0 unspecified atom stereocenters. The van der Waals surface area contributed by atoms with Crippen LogP contribution in [0.25, 0.3) is 0 Å². The summed E-state index contributed by atoms with van der Waals surface area (Å²) in [5.74, 6) is 0.325. The fraction of sp³-hybridized carbons (Fsp3) is 0.500. The minimum absolute atomic E-state index is 0.0958. The molecule has 0 aromatic heterocycles. The molecule has 2 aromatic carbocycles. The van der Waals surface area contributed by atoms with Gasteiger partial charge in [0.25, 0.3) is 0 Å². The number of piperidine rings is 1. The molecule has 1 fully saturated rings. The molecule has 1 atom stereocenters. The van der Waals surface area contributed by atoms with Crippen LogP contribution in [-0.2, 0) is 17.6 Å². The lowest BCUT2D eigenvalue weighted by Gasteiger charge is -2.40. The molecule has 3 rings (SSSR count). The zero-order valence-corrected chi connectivity index (χ0v) is 21.8. The van der Waals surface area contributed by atoms with E-state index in [1.54, 1.807) is 0 Å². The van der Waals surface area contributed by atoms with E-state index < -0.39 is 6.04 Å². The minimum Gasteiger partial charge on any atom is -0.365 e. The van der Waals surface area contributed by atoms with E-state index in [0.29, 0.717) is 12.0 Å². The van der Waals surface area contributed by atoms with Crippen molar-refractivity contribution in [2.75, 3.05) is 24.5 Å². The molecule has 1 amide bonds. The maximum atomic E-state index is 13.1. The zero-order chi connectivity index (χ0) is 25.4. The standard InChI is InChI=1S/C30H42FN3O/c1-22(2)15-20-34(28-16-18-33(19-17-28)30(35)29(32)21-23(3)4)27-13-9-25(10-14-27)6-5-24-7-11-26(31)12-8-24/h7-15,23,28-29H,5-6,16-21,32H2,1-4H3/t29-/m1/s1. The molecule has 2 aromatic rings. The molecule has 0 bridgehead atoms. The van der Waals surface area contributed by atoms with Gasteiger partial charge < -0.3 is 15.5 Å². The van der Waals surface area contributed by atoms with Crippen molar-refractivity contribution in [2.24, 2.45) is 11.7 Å². The molecule has 2 N–H and O–H groups in total. The van der Waals surface area contributed by atoms with Crippen LogP contribution in [0.15, 0.2) is 60.2 Å². The maximum absolute atomic E-state index is 13.1. The molecule has 0 saturated carbocycles. The fourth-order valence-corrected chi connectivity index (χ4v) is 4.78. The first-order chi connectivity index (χ1) is 16.7. The first-order valence-corrected chi connectivity index (χ1v) is 13.0. The number of aryl methyl sites for hydroxylation is 2. The van der Waals surface area contributed by atoms with Crippen molar-refractivity contribution in [1.82, 2.24) is 4.90 Å². The average molecular weight is 480 g/mol. The van der Waals surface area contributed by atoms with Crippen molar-refractivity contribution < 1.29 is 9.18 Å². The van der Waals surface area contributed by atoms with Crippen LogP contribution in [0, 0.1) is 11.7 Å². The largest absolute Gasteiger partial charge is 0.365 e. The van der Waals surface area contributed by atoms with E-state index in [2.05, 4.69) is 62.9 Å². The number of halogens is 1. The van der Waals surface area contributed by atoms with Gasteiger partial charge in [0.15, 0.2) is 0 Å². The van der Waals surface area contributed by atoms with Crippen LogP contribution in [0.4, 0.5) is 10.1 Å². The van der Waals surface area contributed by atoms with Gasteiger partial charge in [0, 0.05) is 31.4 Å². The molecule has 0 spiro atoms. The number of carbonyl (C=O) groups excluding carboxylic acids is 1. The van der Waals surface area contributed by atoms with Crippen LogP contribution >= 0.6 is 0 Å². The van der Waals surface area contributed by atoms with Gasteiger partial charge in [-0.3, -0.25) is 4.79 Å². The number of allylic oxidation sites excluding steroid dienone is 1. The number of hydrogen-bond acceptors (Lipinski definition) is 3. The summed E-state index contributed by atoms with van der Waals surface area (Å²) in [5.41, 5.74) is 11.1. The summed E-state index contributed by atoms with van der Waals surface area (Å²) in [6.45, 7) is 10.9. The summed E-state index contributed by atoms with van der Waals surface area (Å²) >= 11 is 0. The van der Waals surface area contributed by atoms with Crippen LogP contribution in [0.3, 0.4) is 0 Å². The molecule has 5 heteroatoms. The molecule has 35 heavy (non-hydrogen) atoms. The highest BCUT2D eigenvalue weighted by molar-refractivity contribution is 5.81. The number of rotatable bonds is 10. The van der Waals surface area contributed by atoms with E-state index in [1.165, 1.54) is 29.0 Å². The SMILES string of the molecule is CC(C)=CCN(c1ccc(CCc2ccc(F)cc2)cc1)C1CCN(C(=O)[C@H](N)CC(C)C)CC1. The van der Waals surface area contributed by atoms with Crippen LogP contribution in [0.5, 0.6) is 0 Å². The monoisotopic (exact) mass is 479 g/mol. The number of hydrogen-bond donors (Lipinski definition) is 1. The van der Waals surface area contributed by atoms with Gasteiger partial charge in [-0.2, -0.15) is 0 Å². The Kier molecular flexibility index (Phi) is 9.91. The Bertz CT molecular complexity index is 956. The second-order valence-electron chi connectivity index (χ2n) is 10.5. The quantitative estimate of drug-likeness (QED) is 0.442. The van der Waals surface area contributed by atoms with E-state index in [4.69, 9.17) is 5.73 Å². The van der Waals surface area contributed by atoms with E-state index in [0.717, 1.165) is 57.3 Å². The van der Waals surface area contributed by atoms with E-state index in [9.17, 15) is 9.18 Å². The molecule has 1 aliphatic rings. The number of benzene rings is 2. The molecule has 0 radical (unpaired) electrons. The number of nitrogens with two attached hydrogens (primary N) is 1. The van der Waals surface area contributed by atoms with Gasteiger partial charge in [-0.25, -0.2) is 4.39 Å². The van der Waals surface area contributed by atoms with Crippen molar-refractivity contribution in [2.45, 2.75) is 71.9 Å². The van der Waals surface area contributed by atoms with Crippen LogP contribution < -0.4 is 10.6 Å². The highest BCUT2D eigenvalue weighted by Crippen LogP contribution is 2.25. The van der Waals surface area contributed by atoms with Gasteiger partial charge in [-0.05, 0) is 87.3 Å². The number of amides is 1. The molecule has 4 nitrogen and oxygen atoms in total. The summed E-state index contributed by atoms with van der Waals surface area (Å²) in [7, 11) is 0. The maximum Gasteiger partial charge on any atom is 0.239 e. The first kappa shape index (κ1) is 26.9. The van der Waals surface area contributed by atoms with E-state index >= 15 is 0 Å². The third-order valence-corrected chi connectivity index (χ3v) is 6.84. The van der Waals surface area contributed by atoms with Gasteiger partial charge >= 0.3 is 0 Å². The van der Waals surface area contributed by atoms with Crippen molar-refractivity contribution in [3.63, 3.8) is 0 Å². The lowest BCUT2D eigenvalue weighted by atomic mass is 9.98. The van der Waals surface area contributed by atoms with E-state index in [1.807, 2.05) is 17.0 Å². The normalized spacial score (nSPS) is 15.2. The van der Waals surface area contributed by atoms with Gasteiger partial charge in [-0.15, -0.1) is 0 Å². The Morgan fingerprint density at radius 1 is 1.03 bits per heavy atom. The van der Waals surface area contributed by atoms with Crippen LogP contribution in [0.2, 0.25) is 0 Å². The third-order valence-electron chi connectivity index (χ3n) is 6.84. The van der Waals surface area contributed by atoms with Gasteiger partial charge in [-0.1, -0.05) is 49.8 Å². The second-order valence-corrected chi connectivity index (χ2v) is 10.5. The summed E-state index contributed by atoms with van der Waals surface area (Å²) in [6.07, 6.45) is 6.73. The summed E-state index contributed by atoms with van der Waals surface area (Å²) < 4.78 is 13.1. The second kappa shape index (κ2) is 12.9. The summed E-state index contributed by atoms with van der Waals surface area (Å²) in [4.78, 5) is 17.2. The smallest absolute Gasteiger partial charge is 0.239 e. The Morgan fingerprint density at radius 2 is 1.57 bits per heavy atom. The topological polar surface area (TPSA) is 49.6 Å². The highest BCUT2D eigenvalue weighted by Gasteiger charge is 2.29. The zero-order valence-electron chi connectivity index (χ0n) is 21.8. The first-order valence-electron chi connectivity index (χ1n) is 13.0. The minimum atomic E-state index is -0.393. The highest BCUT2D eigenvalue weighted by atomic mass is 19.1. The Hall–Kier alpha value is -2.66. The molecular weight excluding hydrogens is 437 g/mol. The number of nitrogens with zero attached hydrogens (tertiary/aromatic N) is 2. The Morgan fingerprint density at radius 3 is 2.09 bits per heavy atom. The number of carbonyl (C=O) groups is 1. The fourth-order valence-electron chi connectivity index (χ4n) is 4.78. The van der Waals surface area contributed by atoms with E-state index in [-0.39, 0.29) is 11.7 Å². The van der Waals surface area contributed by atoms with Gasteiger partial charge in [0.05, 0.1) is 6.04 Å². The van der Waals surface area contributed by atoms with Gasteiger partial charge in [0.1, 0.15) is 5.82 Å². The Balaban J connectivity index is 1.63. The van der Waals surface area contributed by atoms with Gasteiger partial charge in [0.2, 0.25) is 5.91 Å². The molecular formula is C30H42FN3O. The third kappa shape index (κ3) is 8.21. The molecule has 190 valence electrons. The average Bonchev–Trinajstić information content (AvgIpc) is 2.84. The van der Waals surface area contributed by atoms with Crippen LogP contribution in [0.1, 0.15) is 58.1 Å². The molecule has 1 heterocycles. The van der Waals surface area contributed by atoms with Crippen molar-refractivity contribution >= 4 is 11.6 Å². The summed E-state index contributed by atoms with van der Waals surface area (Å²) in [5, 5.41) is 0. The lowest BCUT2D eigenvalue weighted by Crippen LogP contribution is -2.51. The Labute approximate surface area is 211 Å².